The van der Waals surface area contributed by atoms with Gasteiger partial charge in [-0.1, -0.05) is 13.3 Å². The van der Waals surface area contributed by atoms with Crippen LogP contribution in [0, 0.1) is 0 Å². The number of carboxylic acids is 1. The number of ether oxygens (including phenoxy) is 1. The summed E-state index contributed by atoms with van der Waals surface area (Å²) in [7, 11) is 0. The monoisotopic (exact) mass is 320 g/mol. The maximum absolute atomic E-state index is 12.0. The number of carbonyl (C=O) groups is 3. The van der Waals surface area contributed by atoms with Crippen molar-refractivity contribution in [2.45, 2.75) is 32.6 Å². The molecule has 0 bridgehead atoms. The number of nitrogens with one attached hydrogen (secondary N) is 1. The molecule has 7 nitrogen and oxygen atoms in total. The number of benzene rings is 1. The van der Waals surface area contributed by atoms with E-state index in [-0.39, 0.29) is 31.3 Å². The number of unbranched alkanes of at least 4 members (excludes halogenated alkanes) is 1. The van der Waals surface area contributed by atoms with Crippen LogP contribution < -0.4 is 15.0 Å². The van der Waals surface area contributed by atoms with Crippen molar-refractivity contribution in [3.05, 3.63) is 18.2 Å². The lowest BCUT2D eigenvalue weighted by Crippen LogP contribution is -2.39. The summed E-state index contributed by atoms with van der Waals surface area (Å²) < 4.78 is 5.40. The van der Waals surface area contributed by atoms with E-state index in [2.05, 4.69) is 5.32 Å². The van der Waals surface area contributed by atoms with E-state index in [4.69, 9.17) is 9.84 Å². The molecule has 2 amide bonds. The van der Waals surface area contributed by atoms with Crippen molar-refractivity contribution < 1.29 is 24.2 Å². The summed E-state index contributed by atoms with van der Waals surface area (Å²) in [4.78, 5) is 35.9. The fourth-order valence-electron chi connectivity index (χ4n) is 2.29. The molecule has 0 spiro atoms. The fourth-order valence-corrected chi connectivity index (χ4v) is 2.29. The van der Waals surface area contributed by atoms with Crippen LogP contribution in [0.2, 0.25) is 0 Å². The van der Waals surface area contributed by atoms with Gasteiger partial charge in [-0.2, -0.15) is 0 Å². The molecule has 124 valence electrons. The van der Waals surface area contributed by atoms with Crippen molar-refractivity contribution in [2.24, 2.45) is 0 Å². The minimum Gasteiger partial charge on any atom is -0.482 e. The molecule has 1 aromatic rings. The van der Waals surface area contributed by atoms with Crippen LogP contribution in [-0.4, -0.2) is 36.0 Å². The molecule has 0 saturated heterocycles. The highest BCUT2D eigenvalue weighted by Crippen LogP contribution is 2.34. The quantitative estimate of drug-likeness (QED) is 0.801. The van der Waals surface area contributed by atoms with Crippen molar-refractivity contribution in [1.29, 1.82) is 0 Å². The molecule has 0 atom stereocenters. The summed E-state index contributed by atoms with van der Waals surface area (Å²) in [5.74, 6) is -0.907. The van der Waals surface area contributed by atoms with Gasteiger partial charge in [-0.25, -0.2) is 0 Å². The molecular formula is C16H20N2O5. The van der Waals surface area contributed by atoms with E-state index in [1.54, 1.807) is 23.1 Å². The van der Waals surface area contributed by atoms with Crippen molar-refractivity contribution in [2.75, 3.05) is 23.4 Å². The Labute approximate surface area is 134 Å². The zero-order valence-corrected chi connectivity index (χ0v) is 13.0. The lowest BCUT2D eigenvalue weighted by molar-refractivity contribution is -0.138. The van der Waals surface area contributed by atoms with E-state index >= 15 is 0 Å². The molecule has 1 heterocycles. The smallest absolute Gasteiger partial charge is 0.303 e. The van der Waals surface area contributed by atoms with Crippen LogP contribution in [0.4, 0.5) is 11.4 Å². The number of fused-ring (bicyclic) bond motifs is 1. The minimum atomic E-state index is -1.02. The second-order valence-corrected chi connectivity index (χ2v) is 5.31. The number of carboxylic acid groups (broad SMARTS) is 1. The molecule has 2 rings (SSSR count). The molecule has 1 aliphatic rings. The van der Waals surface area contributed by atoms with Gasteiger partial charge in [0, 0.05) is 18.7 Å². The first-order chi connectivity index (χ1) is 11.0. The van der Waals surface area contributed by atoms with Gasteiger partial charge in [-0.3, -0.25) is 14.4 Å². The maximum atomic E-state index is 12.0. The van der Waals surface area contributed by atoms with Crippen LogP contribution in [0.5, 0.6) is 5.75 Å². The number of aliphatic carboxylic acids is 1. The van der Waals surface area contributed by atoms with Crippen LogP contribution in [-0.2, 0) is 14.4 Å². The van der Waals surface area contributed by atoms with Crippen molar-refractivity contribution in [3.63, 3.8) is 0 Å². The molecule has 0 saturated carbocycles. The average Bonchev–Trinajstić information content (AvgIpc) is 2.52. The van der Waals surface area contributed by atoms with Gasteiger partial charge in [0.05, 0.1) is 12.1 Å². The van der Waals surface area contributed by atoms with Gasteiger partial charge in [0.2, 0.25) is 5.91 Å². The average molecular weight is 320 g/mol. The largest absolute Gasteiger partial charge is 0.482 e. The van der Waals surface area contributed by atoms with Gasteiger partial charge in [-0.15, -0.1) is 0 Å². The Morgan fingerprint density at radius 3 is 2.83 bits per heavy atom. The molecular weight excluding hydrogens is 300 g/mol. The Hall–Kier alpha value is -2.57. The first-order valence-corrected chi connectivity index (χ1v) is 7.60. The third-order valence-electron chi connectivity index (χ3n) is 3.49. The van der Waals surface area contributed by atoms with Gasteiger partial charge >= 0.3 is 5.97 Å². The summed E-state index contributed by atoms with van der Waals surface area (Å²) in [5.41, 5.74) is 1.14. The van der Waals surface area contributed by atoms with E-state index in [9.17, 15) is 14.4 Å². The van der Waals surface area contributed by atoms with E-state index in [1.807, 2.05) is 6.92 Å². The van der Waals surface area contributed by atoms with Crippen LogP contribution in [0.1, 0.15) is 32.6 Å². The molecule has 23 heavy (non-hydrogen) atoms. The van der Waals surface area contributed by atoms with Gasteiger partial charge in [-0.05, 0) is 24.6 Å². The van der Waals surface area contributed by atoms with Gasteiger partial charge < -0.3 is 20.1 Å². The Balaban J connectivity index is 2.12. The Kier molecular flexibility index (Phi) is 5.56. The topological polar surface area (TPSA) is 95.9 Å². The highest BCUT2D eigenvalue weighted by atomic mass is 16.5. The maximum Gasteiger partial charge on any atom is 0.303 e. The Bertz CT molecular complexity index is 614. The molecule has 0 aromatic heterocycles. The van der Waals surface area contributed by atoms with E-state index in [0.717, 1.165) is 12.8 Å². The second-order valence-electron chi connectivity index (χ2n) is 5.31. The normalized spacial score (nSPS) is 13.3. The number of rotatable bonds is 7. The molecule has 2 N–H and O–H groups in total. The van der Waals surface area contributed by atoms with Crippen LogP contribution in [0.15, 0.2) is 18.2 Å². The van der Waals surface area contributed by atoms with Gasteiger partial charge in [0.25, 0.3) is 5.91 Å². The molecule has 0 radical (unpaired) electrons. The van der Waals surface area contributed by atoms with E-state index < -0.39 is 5.97 Å². The Morgan fingerprint density at radius 1 is 1.35 bits per heavy atom. The lowest BCUT2D eigenvalue weighted by atomic mass is 10.2. The van der Waals surface area contributed by atoms with Gasteiger partial charge in [0.1, 0.15) is 5.75 Å². The number of anilines is 2. The predicted octanol–water partition coefficient (Wildman–Crippen LogP) is 2.02. The van der Waals surface area contributed by atoms with Crippen LogP contribution >= 0.6 is 0 Å². The fraction of sp³-hybridized carbons (Fsp3) is 0.438. The molecule has 7 heteroatoms. The summed E-state index contributed by atoms with van der Waals surface area (Å²) in [5, 5.41) is 11.2. The number of amides is 2. The SMILES string of the molecule is CCCCN1C(=O)COc2ccc(NC(=O)CCC(=O)O)cc21. The molecule has 1 aromatic carbocycles. The van der Waals surface area contributed by atoms with Crippen LogP contribution in [0.3, 0.4) is 0 Å². The number of hydrogen-bond donors (Lipinski definition) is 2. The van der Waals surface area contributed by atoms with Gasteiger partial charge in [0.15, 0.2) is 6.61 Å². The van der Waals surface area contributed by atoms with Crippen molar-refractivity contribution in [3.8, 4) is 5.75 Å². The Morgan fingerprint density at radius 2 is 2.13 bits per heavy atom. The molecule has 1 aliphatic heterocycles. The first-order valence-electron chi connectivity index (χ1n) is 7.60. The number of carbonyl (C=O) groups excluding carboxylic acids is 2. The summed E-state index contributed by atoms with van der Waals surface area (Å²) in [6.45, 7) is 2.66. The predicted molar refractivity (Wildman–Crippen MR) is 84.7 cm³/mol. The van der Waals surface area contributed by atoms with Crippen molar-refractivity contribution in [1.82, 2.24) is 0 Å². The summed E-state index contributed by atoms with van der Waals surface area (Å²) in [6, 6.07) is 5.06. The zero-order valence-electron chi connectivity index (χ0n) is 13.0. The van der Waals surface area contributed by atoms with E-state index in [0.29, 0.717) is 23.7 Å². The lowest BCUT2D eigenvalue weighted by Gasteiger charge is -2.29. The molecule has 0 unspecified atom stereocenters. The van der Waals surface area contributed by atoms with E-state index in [1.165, 1.54) is 0 Å². The standard InChI is InChI=1S/C16H20N2O5/c1-2-3-8-18-12-9-11(17-14(19)6-7-16(21)22)4-5-13(12)23-10-15(18)20/h4-5,9H,2-3,6-8,10H2,1H3,(H,17,19)(H,21,22). The number of nitrogens with zero attached hydrogens (tertiary/aromatic N) is 1. The molecule has 0 aliphatic carbocycles. The number of hydrogen-bond acceptors (Lipinski definition) is 4. The first kappa shape index (κ1) is 16.8. The zero-order chi connectivity index (χ0) is 16.8. The van der Waals surface area contributed by atoms with Crippen molar-refractivity contribution >= 4 is 29.2 Å². The molecule has 0 fully saturated rings. The summed E-state index contributed by atoms with van der Waals surface area (Å²) >= 11 is 0. The third kappa shape index (κ3) is 4.45. The highest BCUT2D eigenvalue weighted by molar-refractivity contribution is 5.99. The minimum absolute atomic E-state index is 0.0149. The highest BCUT2D eigenvalue weighted by Gasteiger charge is 2.25. The van der Waals surface area contributed by atoms with Crippen LogP contribution in [0.25, 0.3) is 0 Å². The second kappa shape index (κ2) is 7.62. The third-order valence-corrected chi connectivity index (χ3v) is 3.49. The summed E-state index contributed by atoms with van der Waals surface area (Å²) in [6.07, 6.45) is 1.52.